The van der Waals surface area contributed by atoms with Gasteiger partial charge in [-0.25, -0.2) is 0 Å². The number of fused-ring (bicyclic) bond motifs is 1. The first-order chi connectivity index (χ1) is 16.0. The fourth-order valence-corrected chi connectivity index (χ4v) is 7.80. The predicted octanol–water partition coefficient (Wildman–Crippen LogP) is 1.54. The first kappa shape index (κ1) is 25.3. The Morgan fingerprint density at radius 1 is 1.18 bits per heavy atom. The molecule has 0 fully saturated rings. The Morgan fingerprint density at radius 3 is 2.74 bits per heavy atom. The van der Waals surface area contributed by atoms with E-state index in [2.05, 4.69) is 86.4 Å². The van der Waals surface area contributed by atoms with Crippen molar-refractivity contribution in [2.24, 2.45) is 0 Å². The number of thiazole rings is 2. The molecule has 0 radical (unpaired) electrons. The zero-order valence-electron chi connectivity index (χ0n) is 18.9. The van der Waals surface area contributed by atoms with Crippen molar-refractivity contribution in [3.8, 4) is 0 Å². The highest BCUT2D eigenvalue weighted by Crippen LogP contribution is 2.46. The van der Waals surface area contributed by atoms with Crippen LogP contribution < -0.4 is 36.6 Å². The van der Waals surface area contributed by atoms with Crippen LogP contribution >= 0.6 is 50.4 Å². The second-order valence-electron chi connectivity index (χ2n) is 7.84. The Labute approximate surface area is 225 Å². The normalized spacial score (nSPS) is 14.9. The summed E-state index contributed by atoms with van der Waals surface area (Å²) >= 11 is 8.50. The molecule has 0 spiro atoms. The van der Waals surface area contributed by atoms with Crippen molar-refractivity contribution in [1.29, 1.82) is 0 Å². The monoisotopic (exact) mass is 591 g/mol. The highest BCUT2D eigenvalue weighted by Gasteiger charge is 2.25. The van der Waals surface area contributed by atoms with Crippen LogP contribution in [-0.2, 0) is 13.1 Å². The third kappa shape index (κ3) is 4.66. The van der Waals surface area contributed by atoms with E-state index in [0.29, 0.717) is 6.54 Å². The van der Waals surface area contributed by atoms with Crippen LogP contribution in [0.5, 0.6) is 0 Å². The molecular weight excluding hydrogens is 570 g/mol. The van der Waals surface area contributed by atoms with Gasteiger partial charge in [0.15, 0.2) is 12.7 Å². The molecule has 176 valence electrons. The molecule has 0 unspecified atom stereocenters. The van der Waals surface area contributed by atoms with Gasteiger partial charge in [0.05, 0.1) is 17.1 Å². The minimum absolute atomic E-state index is 0. The van der Waals surface area contributed by atoms with Gasteiger partial charge >= 0.3 is 0 Å². The molecule has 1 aliphatic heterocycles. The van der Waals surface area contributed by atoms with E-state index in [0.717, 1.165) is 40.8 Å². The molecule has 0 bridgehead atoms. The van der Waals surface area contributed by atoms with E-state index >= 15 is 0 Å². The molecule has 0 saturated carbocycles. The molecule has 3 heterocycles. The molecule has 2 aromatic carbocycles. The smallest absolute Gasteiger partial charge is 0.271 e. The van der Waals surface area contributed by atoms with E-state index in [1.165, 1.54) is 11.1 Å². The van der Waals surface area contributed by atoms with Gasteiger partial charge in [-0.3, -0.25) is 9.36 Å². The number of benzene rings is 2. The molecule has 9 heteroatoms. The fraction of sp³-hybridized carbons (Fsp3) is 0.200. The van der Waals surface area contributed by atoms with Gasteiger partial charge in [-0.2, -0.15) is 4.57 Å². The van der Waals surface area contributed by atoms with Gasteiger partial charge in [0.1, 0.15) is 14.2 Å². The summed E-state index contributed by atoms with van der Waals surface area (Å²) in [5.41, 5.74) is 3.81. The second kappa shape index (κ2) is 10.4. The Kier molecular flexibility index (Phi) is 7.74. The number of hydrogen-bond donors (Lipinski definition) is 0. The van der Waals surface area contributed by atoms with E-state index in [1.807, 2.05) is 24.6 Å². The van der Waals surface area contributed by atoms with E-state index in [1.54, 1.807) is 34.4 Å². The zero-order valence-corrected chi connectivity index (χ0v) is 23.7. The molecule has 1 aliphatic rings. The first-order valence-corrected chi connectivity index (χ1v) is 13.9. The molecule has 4 nitrogen and oxygen atoms in total. The SMILES string of the molecule is CCn1c(=O)/c(=C2\Sc3cc(Br)ccc3N2C)s/c1=C\c1scc[n+]1Cc1ccccc1C.[Cl-]. The van der Waals surface area contributed by atoms with Crippen LogP contribution in [0.25, 0.3) is 11.1 Å². The van der Waals surface area contributed by atoms with Crippen molar-refractivity contribution < 1.29 is 17.0 Å². The van der Waals surface area contributed by atoms with Crippen molar-refractivity contribution in [3.63, 3.8) is 0 Å². The molecule has 4 aromatic rings. The van der Waals surface area contributed by atoms with Gasteiger partial charge < -0.3 is 17.3 Å². The summed E-state index contributed by atoms with van der Waals surface area (Å²) in [7, 11) is 2.04. The quantitative estimate of drug-likeness (QED) is 0.337. The van der Waals surface area contributed by atoms with E-state index < -0.39 is 0 Å². The van der Waals surface area contributed by atoms with Crippen molar-refractivity contribution in [2.45, 2.75) is 31.8 Å². The van der Waals surface area contributed by atoms with Crippen LogP contribution in [0.3, 0.4) is 0 Å². The molecule has 34 heavy (non-hydrogen) atoms. The number of hydrogen-bond acceptors (Lipinski definition) is 5. The van der Waals surface area contributed by atoms with Crippen LogP contribution in [0.15, 0.2) is 68.2 Å². The maximum absolute atomic E-state index is 13.4. The molecule has 0 aliphatic carbocycles. The van der Waals surface area contributed by atoms with E-state index in [9.17, 15) is 4.79 Å². The van der Waals surface area contributed by atoms with Gasteiger partial charge in [0, 0.05) is 28.5 Å². The Bertz CT molecular complexity index is 1540. The van der Waals surface area contributed by atoms with Gasteiger partial charge in [0.2, 0.25) is 0 Å². The van der Waals surface area contributed by atoms with Crippen LogP contribution in [0.4, 0.5) is 5.69 Å². The topological polar surface area (TPSA) is 29.1 Å². The van der Waals surface area contributed by atoms with E-state index in [4.69, 9.17) is 0 Å². The maximum Gasteiger partial charge on any atom is 0.271 e. The number of aryl methyl sites for hydroxylation is 1. The predicted molar refractivity (Wildman–Crippen MR) is 144 cm³/mol. The third-order valence-corrected chi connectivity index (χ3v) is 9.59. The van der Waals surface area contributed by atoms with Gasteiger partial charge in [-0.15, -0.1) is 11.3 Å². The zero-order chi connectivity index (χ0) is 23.1. The summed E-state index contributed by atoms with van der Waals surface area (Å²) in [5.74, 6) is 0. The largest absolute Gasteiger partial charge is 1.00 e. The van der Waals surface area contributed by atoms with Gasteiger partial charge in [-0.05, 0) is 37.6 Å². The maximum atomic E-state index is 13.4. The lowest BCUT2D eigenvalue weighted by Gasteiger charge is -2.12. The number of anilines is 1. The number of nitrogens with zero attached hydrogens (tertiary/aromatic N) is 3. The fourth-order valence-electron chi connectivity index (χ4n) is 3.93. The molecule has 0 N–H and O–H groups in total. The average molecular weight is 593 g/mol. The first-order valence-electron chi connectivity index (χ1n) is 10.6. The van der Waals surface area contributed by atoms with Crippen molar-refractivity contribution in [3.05, 3.63) is 94.2 Å². The highest BCUT2D eigenvalue weighted by atomic mass is 79.9. The minimum atomic E-state index is 0. The van der Waals surface area contributed by atoms with Crippen LogP contribution in [0.2, 0.25) is 0 Å². The second-order valence-corrected chi connectivity index (χ2v) is 11.7. The van der Waals surface area contributed by atoms with Crippen LogP contribution in [-0.4, -0.2) is 11.6 Å². The standard InChI is InChI=1S/C25H23BrN3OS3.ClH/c1-4-29-22(14-21-28(11-12-31-21)15-17-8-6-5-7-16(17)2)33-23(24(29)30)25-27(3)19-10-9-18(26)13-20(19)32-25;/h5-14H,4,15H2,1-3H3;1H/q+1;/p-1/b25-23+;. The van der Waals surface area contributed by atoms with Crippen LogP contribution in [0, 0.1) is 6.92 Å². The van der Waals surface area contributed by atoms with Crippen molar-refractivity contribution in [2.75, 3.05) is 11.9 Å². The number of rotatable bonds is 4. The third-order valence-electron chi connectivity index (χ3n) is 5.78. The Hall–Kier alpha value is -1.84. The van der Waals surface area contributed by atoms with Crippen molar-refractivity contribution in [1.82, 2.24) is 4.57 Å². The number of thioether (sulfide) groups is 1. The molecular formula is C25H23BrClN3OS3. The summed E-state index contributed by atoms with van der Waals surface area (Å²) in [4.78, 5) is 16.7. The van der Waals surface area contributed by atoms with Crippen molar-refractivity contribution >= 4 is 67.2 Å². The summed E-state index contributed by atoms with van der Waals surface area (Å²) in [5, 5.41) is 4.24. The molecule has 2 aromatic heterocycles. The highest BCUT2D eigenvalue weighted by molar-refractivity contribution is 9.10. The lowest BCUT2D eigenvalue weighted by molar-refractivity contribution is -0.685. The minimum Gasteiger partial charge on any atom is -1.00 e. The lowest BCUT2D eigenvalue weighted by atomic mass is 10.1. The molecule has 0 amide bonds. The van der Waals surface area contributed by atoms with Gasteiger partial charge in [-0.1, -0.05) is 63.3 Å². The molecule has 5 rings (SSSR count). The van der Waals surface area contributed by atoms with E-state index in [-0.39, 0.29) is 18.0 Å². The average Bonchev–Trinajstić information content (AvgIpc) is 3.46. The Morgan fingerprint density at radius 2 is 1.97 bits per heavy atom. The van der Waals surface area contributed by atoms with Crippen LogP contribution in [0.1, 0.15) is 23.1 Å². The summed E-state index contributed by atoms with van der Waals surface area (Å²) in [6.07, 6.45) is 4.28. The van der Waals surface area contributed by atoms with Gasteiger partial charge in [0.25, 0.3) is 10.6 Å². The summed E-state index contributed by atoms with van der Waals surface area (Å²) < 4.78 is 6.97. The lowest BCUT2D eigenvalue weighted by Crippen LogP contribution is -3.00. The summed E-state index contributed by atoms with van der Waals surface area (Å²) in [6, 6.07) is 14.7. The number of halogens is 2. The Balaban J connectivity index is 0.00000274. The molecule has 0 atom stereocenters. The number of aromatic nitrogens is 2. The molecule has 0 saturated heterocycles. The summed E-state index contributed by atoms with van der Waals surface area (Å²) in [6.45, 7) is 5.64.